The third-order valence-electron chi connectivity index (χ3n) is 5.20. The first-order chi connectivity index (χ1) is 15.2. The second kappa shape index (κ2) is 8.36. The lowest BCUT2D eigenvalue weighted by Crippen LogP contribution is -2.32. The largest absolute Gasteiger partial charge is 0.337 e. The van der Waals surface area contributed by atoms with Gasteiger partial charge in [-0.25, -0.2) is 13.2 Å². The van der Waals surface area contributed by atoms with E-state index in [2.05, 4.69) is 19.8 Å². The van der Waals surface area contributed by atoms with E-state index in [9.17, 15) is 13.2 Å². The highest BCUT2D eigenvalue weighted by Crippen LogP contribution is 2.27. The Bertz CT molecular complexity index is 1400. The van der Waals surface area contributed by atoms with Crippen LogP contribution in [0, 0.1) is 5.92 Å². The molecule has 1 atom stereocenters. The Morgan fingerprint density at radius 3 is 2.44 bits per heavy atom. The van der Waals surface area contributed by atoms with Crippen molar-refractivity contribution in [2.75, 3.05) is 0 Å². The number of nitrogens with zero attached hydrogens (tertiary/aromatic N) is 3. The quantitative estimate of drug-likeness (QED) is 0.439. The van der Waals surface area contributed by atoms with Crippen LogP contribution in [0.15, 0.2) is 62.7 Å². The summed E-state index contributed by atoms with van der Waals surface area (Å²) in [6.07, 6.45) is 0. The molecular formula is C22H25N5O4S. The zero-order valence-electron chi connectivity index (χ0n) is 18.2. The van der Waals surface area contributed by atoms with E-state index in [-0.39, 0.29) is 28.4 Å². The molecule has 0 saturated heterocycles. The first-order valence-electron chi connectivity index (χ1n) is 10.3. The third kappa shape index (κ3) is 4.11. The van der Waals surface area contributed by atoms with E-state index in [1.54, 1.807) is 28.8 Å². The van der Waals surface area contributed by atoms with Gasteiger partial charge >= 0.3 is 5.69 Å². The van der Waals surface area contributed by atoms with Crippen molar-refractivity contribution >= 4 is 21.1 Å². The molecule has 168 valence electrons. The second-order valence-electron chi connectivity index (χ2n) is 8.24. The summed E-state index contributed by atoms with van der Waals surface area (Å²) >= 11 is 0. The third-order valence-corrected chi connectivity index (χ3v) is 6.66. The lowest BCUT2D eigenvalue weighted by atomic mass is 10.1. The molecule has 0 aliphatic rings. The number of aromatic nitrogens is 4. The van der Waals surface area contributed by atoms with E-state index in [4.69, 9.17) is 4.52 Å². The van der Waals surface area contributed by atoms with Crippen molar-refractivity contribution in [2.24, 2.45) is 5.92 Å². The van der Waals surface area contributed by atoms with Gasteiger partial charge in [0.1, 0.15) is 6.04 Å². The first kappa shape index (κ1) is 22.0. The summed E-state index contributed by atoms with van der Waals surface area (Å²) in [6.45, 7) is 7.62. The van der Waals surface area contributed by atoms with Crippen LogP contribution >= 0.6 is 0 Å². The summed E-state index contributed by atoms with van der Waals surface area (Å²) < 4.78 is 35.4. The van der Waals surface area contributed by atoms with Gasteiger partial charge in [-0.3, -0.25) is 4.57 Å². The summed E-state index contributed by atoms with van der Waals surface area (Å²) in [7, 11) is -3.77. The van der Waals surface area contributed by atoms with Gasteiger partial charge in [-0.15, -0.1) is 0 Å². The molecule has 0 saturated carbocycles. The number of sulfonamides is 1. The molecule has 0 aliphatic heterocycles. The predicted octanol–water partition coefficient (Wildman–Crippen LogP) is 3.64. The molecule has 10 heteroatoms. The molecule has 2 aromatic carbocycles. The molecule has 2 aromatic heterocycles. The lowest BCUT2D eigenvalue weighted by Gasteiger charge is -2.18. The number of benzene rings is 2. The lowest BCUT2D eigenvalue weighted by molar-refractivity contribution is 0.311. The van der Waals surface area contributed by atoms with Crippen molar-refractivity contribution in [3.63, 3.8) is 0 Å². The molecule has 0 fully saturated rings. The zero-order chi connectivity index (χ0) is 23.0. The number of hydrogen-bond acceptors (Lipinski definition) is 6. The fourth-order valence-electron chi connectivity index (χ4n) is 3.57. The van der Waals surface area contributed by atoms with Gasteiger partial charge in [0.15, 0.2) is 0 Å². The predicted molar refractivity (Wildman–Crippen MR) is 121 cm³/mol. The molecule has 0 amide bonds. The number of nitrogens with one attached hydrogen (secondary N) is 2. The van der Waals surface area contributed by atoms with E-state index in [1.165, 1.54) is 12.1 Å². The molecule has 4 aromatic rings. The van der Waals surface area contributed by atoms with Crippen molar-refractivity contribution in [3.8, 4) is 11.4 Å². The minimum Gasteiger partial charge on any atom is -0.337 e. The normalized spacial score (nSPS) is 13.3. The average molecular weight is 456 g/mol. The number of fused-ring (bicyclic) bond motifs is 1. The summed E-state index contributed by atoms with van der Waals surface area (Å²) in [4.78, 5) is 19.7. The Kier molecular flexibility index (Phi) is 5.74. The molecule has 1 unspecified atom stereocenters. The van der Waals surface area contributed by atoms with E-state index in [0.717, 1.165) is 5.52 Å². The molecule has 32 heavy (non-hydrogen) atoms. The SMILES string of the molecule is CC(C)C(NS(=O)(=O)c1ccccc1)c1nc(-c2ccc3c(c2)[nH]c(=O)n3C(C)C)no1. The second-order valence-corrected chi connectivity index (χ2v) is 9.95. The minimum atomic E-state index is -3.77. The van der Waals surface area contributed by atoms with Crippen molar-refractivity contribution in [1.82, 2.24) is 24.4 Å². The standard InChI is InChI=1S/C22H25N5O4S/c1-13(2)19(26-32(29,30)16-8-6-5-7-9-16)21-24-20(25-31-21)15-10-11-18-17(12-15)23-22(28)27(18)14(3)4/h5-14,19,26H,1-4H3,(H,23,28). The number of H-pyrrole nitrogens is 1. The van der Waals surface area contributed by atoms with Crippen LogP contribution in [0.4, 0.5) is 0 Å². The number of imidazole rings is 1. The van der Waals surface area contributed by atoms with Crippen LogP contribution in [0.1, 0.15) is 45.7 Å². The van der Waals surface area contributed by atoms with Crippen LogP contribution in [-0.2, 0) is 10.0 Å². The molecule has 0 bridgehead atoms. The zero-order valence-corrected chi connectivity index (χ0v) is 19.1. The Labute approximate surface area is 185 Å². The minimum absolute atomic E-state index is 0.0170. The van der Waals surface area contributed by atoms with E-state index in [1.807, 2.05) is 39.8 Å². The van der Waals surface area contributed by atoms with Crippen molar-refractivity contribution in [2.45, 2.75) is 44.7 Å². The molecule has 2 N–H and O–H groups in total. The number of rotatable bonds is 7. The van der Waals surface area contributed by atoms with E-state index in [0.29, 0.717) is 16.9 Å². The maximum atomic E-state index is 12.8. The monoisotopic (exact) mass is 455 g/mol. The highest BCUT2D eigenvalue weighted by atomic mass is 32.2. The van der Waals surface area contributed by atoms with E-state index < -0.39 is 16.1 Å². The fourth-order valence-corrected chi connectivity index (χ4v) is 4.93. The Morgan fingerprint density at radius 1 is 1.06 bits per heavy atom. The topological polar surface area (TPSA) is 123 Å². The molecule has 0 spiro atoms. The van der Waals surface area contributed by atoms with Gasteiger partial charge in [0, 0.05) is 11.6 Å². The van der Waals surface area contributed by atoms with Crippen LogP contribution in [0.2, 0.25) is 0 Å². The van der Waals surface area contributed by atoms with Gasteiger partial charge in [-0.2, -0.15) is 9.71 Å². The molecule has 9 nitrogen and oxygen atoms in total. The van der Waals surface area contributed by atoms with Crippen molar-refractivity contribution < 1.29 is 12.9 Å². The number of aromatic amines is 1. The molecule has 0 radical (unpaired) electrons. The Morgan fingerprint density at radius 2 is 1.78 bits per heavy atom. The molecule has 0 aliphatic carbocycles. The summed E-state index contributed by atoms with van der Waals surface area (Å²) in [5, 5.41) is 4.04. The maximum Gasteiger partial charge on any atom is 0.326 e. The van der Waals surface area contributed by atoms with Gasteiger partial charge in [0.05, 0.1) is 15.9 Å². The molecule has 4 rings (SSSR count). The van der Waals surface area contributed by atoms with Gasteiger partial charge in [-0.1, -0.05) is 37.2 Å². The smallest absolute Gasteiger partial charge is 0.326 e. The highest BCUT2D eigenvalue weighted by Gasteiger charge is 2.28. The Hall–Kier alpha value is -3.24. The van der Waals surface area contributed by atoms with Crippen molar-refractivity contribution in [3.05, 3.63) is 64.9 Å². The van der Waals surface area contributed by atoms with Crippen LogP contribution in [0.5, 0.6) is 0 Å². The summed E-state index contributed by atoms with van der Waals surface area (Å²) in [6, 6.07) is 12.9. The van der Waals surface area contributed by atoms with Gasteiger partial charge in [0.25, 0.3) is 0 Å². The van der Waals surface area contributed by atoms with Crippen LogP contribution in [0.3, 0.4) is 0 Å². The first-order valence-corrected chi connectivity index (χ1v) is 11.8. The molecule has 2 heterocycles. The van der Waals surface area contributed by atoms with Crippen LogP contribution in [0.25, 0.3) is 22.4 Å². The van der Waals surface area contributed by atoms with Gasteiger partial charge < -0.3 is 9.51 Å². The fraction of sp³-hybridized carbons (Fsp3) is 0.318. The average Bonchev–Trinajstić information content (AvgIpc) is 3.35. The molecular weight excluding hydrogens is 430 g/mol. The van der Waals surface area contributed by atoms with Crippen LogP contribution < -0.4 is 10.4 Å². The summed E-state index contributed by atoms with van der Waals surface area (Å²) in [5.74, 6) is 0.341. The maximum absolute atomic E-state index is 12.8. The summed E-state index contributed by atoms with van der Waals surface area (Å²) in [5.41, 5.74) is 1.92. The van der Waals surface area contributed by atoms with Gasteiger partial charge in [-0.05, 0) is 50.1 Å². The highest BCUT2D eigenvalue weighted by molar-refractivity contribution is 7.89. The number of hydrogen-bond donors (Lipinski definition) is 2. The van der Waals surface area contributed by atoms with Crippen LogP contribution in [-0.4, -0.2) is 28.1 Å². The van der Waals surface area contributed by atoms with Crippen molar-refractivity contribution in [1.29, 1.82) is 0 Å². The van der Waals surface area contributed by atoms with E-state index >= 15 is 0 Å². The van der Waals surface area contributed by atoms with Gasteiger partial charge in [0.2, 0.25) is 21.7 Å². The Balaban J connectivity index is 1.66.